The van der Waals surface area contributed by atoms with E-state index in [0.717, 1.165) is 28.3 Å². The molecule has 0 saturated heterocycles. The second-order valence-electron chi connectivity index (χ2n) is 7.45. The van der Waals surface area contributed by atoms with Crippen LogP contribution in [0.25, 0.3) is 17.2 Å². The summed E-state index contributed by atoms with van der Waals surface area (Å²) in [6, 6.07) is 20.1. The fourth-order valence-corrected chi connectivity index (χ4v) is 3.87. The molecule has 0 radical (unpaired) electrons. The van der Waals surface area contributed by atoms with Gasteiger partial charge in [0.25, 0.3) is 0 Å². The number of halogens is 3. The molecule has 4 rings (SSSR count). The van der Waals surface area contributed by atoms with E-state index in [0.29, 0.717) is 5.56 Å². The minimum absolute atomic E-state index is 0.0286. The van der Waals surface area contributed by atoms with Crippen LogP contribution < -0.4 is 15.8 Å². The summed E-state index contributed by atoms with van der Waals surface area (Å²) in [7, 11) is 0. The van der Waals surface area contributed by atoms with Crippen molar-refractivity contribution in [1.82, 2.24) is 5.32 Å². The molecule has 0 bridgehead atoms. The van der Waals surface area contributed by atoms with Crippen LogP contribution in [0, 0.1) is 0 Å². The number of alkyl halides is 3. The molecule has 170 valence electrons. The number of carbonyl (C=O) groups is 1. The number of nitrogens with two attached hydrogens (primary N) is 1. The molecule has 3 aromatic carbocycles. The summed E-state index contributed by atoms with van der Waals surface area (Å²) in [5.41, 5.74) is 10.6. The van der Waals surface area contributed by atoms with Crippen molar-refractivity contribution in [3.63, 3.8) is 0 Å². The molecule has 3 aromatic rings. The zero-order valence-electron chi connectivity index (χ0n) is 17.4. The summed E-state index contributed by atoms with van der Waals surface area (Å²) in [4.78, 5) is 12.2. The van der Waals surface area contributed by atoms with Gasteiger partial charge in [-0.25, -0.2) is 4.79 Å². The number of hydrogen-bond acceptors (Lipinski definition) is 4. The van der Waals surface area contributed by atoms with Crippen LogP contribution in [-0.4, -0.2) is 25.6 Å². The number of hydrogen-bond donors (Lipinski definition) is 2. The van der Waals surface area contributed by atoms with E-state index >= 15 is 0 Å². The fraction of sp³-hybridized carbons (Fsp3) is 0.160. The van der Waals surface area contributed by atoms with Crippen LogP contribution in [-0.2, 0) is 4.74 Å². The third-order valence-electron chi connectivity index (χ3n) is 5.28. The second-order valence-corrected chi connectivity index (χ2v) is 7.45. The molecule has 8 heteroatoms. The van der Waals surface area contributed by atoms with Gasteiger partial charge < -0.3 is 20.5 Å². The Balaban J connectivity index is 1.29. The summed E-state index contributed by atoms with van der Waals surface area (Å²) in [6.45, 7) is 0.387. The van der Waals surface area contributed by atoms with E-state index in [4.69, 9.17) is 10.5 Å². The molecule has 0 heterocycles. The van der Waals surface area contributed by atoms with Crippen LogP contribution in [0.2, 0.25) is 0 Å². The van der Waals surface area contributed by atoms with Crippen LogP contribution in [0.15, 0.2) is 72.8 Å². The van der Waals surface area contributed by atoms with Gasteiger partial charge in [-0.15, -0.1) is 13.2 Å². The third kappa shape index (κ3) is 5.28. The van der Waals surface area contributed by atoms with Crippen LogP contribution in [0.3, 0.4) is 0 Å². The smallest absolute Gasteiger partial charge is 0.449 e. The molecule has 1 aliphatic carbocycles. The number of benzene rings is 3. The van der Waals surface area contributed by atoms with Gasteiger partial charge in [0, 0.05) is 12.5 Å². The lowest BCUT2D eigenvalue weighted by Gasteiger charge is -2.14. The van der Waals surface area contributed by atoms with E-state index in [9.17, 15) is 18.0 Å². The van der Waals surface area contributed by atoms with E-state index in [2.05, 4.69) is 22.2 Å². The van der Waals surface area contributed by atoms with Gasteiger partial charge in [0.05, 0.1) is 5.69 Å². The standard InChI is InChI=1S/C25H21F3N2O3/c26-25(27,28)33-23-12-11-16(14-22(23)29)6-5-13-30-24(31)32-15-21-19-9-3-1-7-17(19)18-8-2-4-10-20(18)21/h1-12,14,21H,13,15,29H2,(H,30,31). The number of nitrogen functional groups attached to an aromatic ring is 1. The largest absolute Gasteiger partial charge is 0.573 e. The lowest BCUT2D eigenvalue weighted by Crippen LogP contribution is -2.26. The zero-order valence-corrected chi connectivity index (χ0v) is 17.4. The Kier molecular flexibility index (Phi) is 6.26. The molecular weight excluding hydrogens is 433 g/mol. The van der Waals surface area contributed by atoms with Crippen LogP contribution in [0.4, 0.5) is 23.7 Å². The number of fused-ring (bicyclic) bond motifs is 3. The highest BCUT2D eigenvalue weighted by Crippen LogP contribution is 2.44. The first kappa shape index (κ1) is 22.3. The van der Waals surface area contributed by atoms with Gasteiger partial charge in [-0.05, 0) is 39.9 Å². The molecule has 0 unspecified atom stereocenters. The SMILES string of the molecule is Nc1cc(C=CCNC(=O)OCC2c3ccccc3-c3ccccc32)ccc1OC(F)(F)F. The summed E-state index contributed by atoms with van der Waals surface area (Å²) >= 11 is 0. The summed E-state index contributed by atoms with van der Waals surface area (Å²) in [5.74, 6) is -0.490. The second kappa shape index (κ2) is 9.28. The van der Waals surface area contributed by atoms with Gasteiger partial charge in [0.1, 0.15) is 6.61 Å². The number of alkyl carbamates (subject to hydrolysis) is 1. The Hall–Kier alpha value is -3.94. The van der Waals surface area contributed by atoms with E-state index < -0.39 is 18.2 Å². The predicted molar refractivity (Wildman–Crippen MR) is 120 cm³/mol. The zero-order chi connectivity index (χ0) is 23.4. The van der Waals surface area contributed by atoms with E-state index in [1.165, 1.54) is 12.1 Å². The molecule has 0 spiro atoms. The number of carbonyl (C=O) groups excluding carboxylic acids is 1. The van der Waals surface area contributed by atoms with Crippen molar-refractivity contribution in [2.45, 2.75) is 12.3 Å². The molecule has 3 N–H and O–H groups in total. The van der Waals surface area contributed by atoms with E-state index in [1.54, 1.807) is 12.2 Å². The molecule has 0 aliphatic heterocycles. The monoisotopic (exact) mass is 454 g/mol. The number of amides is 1. The predicted octanol–water partition coefficient (Wildman–Crippen LogP) is 5.72. The van der Waals surface area contributed by atoms with Crippen molar-refractivity contribution in [3.8, 4) is 16.9 Å². The highest BCUT2D eigenvalue weighted by Gasteiger charge is 2.32. The van der Waals surface area contributed by atoms with Gasteiger partial charge in [-0.1, -0.05) is 66.7 Å². The topological polar surface area (TPSA) is 73.6 Å². The van der Waals surface area contributed by atoms with Crippen molar-refractivity contribution >= 4 is 17.9 Å². The quantitative estimate of drug-likeness (QED) is 0.468. The summed E-state index contributed by atoms with van der Waals surface area (Å²) in [5, 5.41) is 2.63. The van der Waals surface area contributed by atoms with Gasteiger partial charge in [-0.2, -0.15) is 0 Å². The van der Waals surface area contributed by atoms with Gasteiger partial charge >= 0.3 is 12.5 Å². The van der Waals surface area contributed by atoms with Gasteiger partial charge in [0.15, 0.2) is 5.75 Å². The van der Waals surface area contributed by atoms with Gasteiger partial charge in [0.2, 0.25) is 0 Å². The van der Waals surface area contributed by atoms with Crippen molar-refractivity contribution < 1.29 is 27.4 Å². The normalized spacial score (nSPS) is 12.9. The Morgan fingerprint density at radius 3 is 2.24 bits per heavy atom. The van der Waals surface area contributed by atoms with E-state index in [-0.39, 0.29) is 24.8 Å². The van der Waals surface area contributed by atoms with Crippen molar-refractivity contribution in [1.29, 1.82) is 0 Å². The lowest BCUT2D eigenvalue weighted by atomic mass is 9.98. The summed E-state index contributed by atoms with van der Waals surface area (Å²) in [6.07, 6.45) is -2.11. The molecule has 5 nitrogen and oxygen atoms in total. The first-order valence-corrected chi connectivity index (χ1v) is 10.2. The third-order valence-corrected chi connectivity index (χ3v) is 5.28. The number of rotatable bonds is 6. The summed E-state index contributed by atoms with van der Waals surface area (Å²) < 4.78 is 46.2. The van der Waals surface area contributed by atoms with E-state index in [1.807, 2.05) is 36.4 Å². The Morgan fingerprint density at radius 2 is 1.64 bits per heavy atom. The van der Waals surface area contributed by atoms with Crippen LogP contribution in [0.5, 0.6) is 5.75 Å². The maximum atomic E-state index is 12.3. The molecule has 0 aromatic heterocycles. The average Bonchev–Trinajstić information content (AvgIpc) is 3.10. The number of ether oxygens (including phenoxy) is 2. The molecule has 33 heavy (non-hydrogen) atoms. The lowest BCUT2D eigenvalue weighted by molar-refractivity contribution is -0.274. The molecule has 0 fully saturated rings. The van der Waals surface area contributed by atoms with Crippen molar-refractivity contribution in [2.24, 2.45) is 0 Å². The Bertz CT molecular complexity index is 1150. The van der Waals surface area contributed by atoms with Gasteiger partial charge in [-0.3, -0.25) is 0 Å². The highest BCUT2D eigenvalue weighted by molar-refractivity contribution is 5.79. The minimum atomic E-state index is -4.81. The number of anilines is 1. The Morgan fingerprint density at radius 1 is 1.00 bits per heavy atom. The average molecular weight is 454 g/mol. The molecule has 1 aliphatic rings. The first-order chi connectivity index (χ1) is 15.8. The minimum Gasteiger partial charge on any atom is -0.449 e. The molecular formula is C25H21F3N2O3. The fourth-order valence-electron chi connectivity index (χ4n) is 3.87. The number of nitrogens with one attached hydrogen (secondary N) is 1. The molecule has 0 saturated carbocycles. The maximum absolute atomic E-state index is 12.3. The van der Waals surface area contributed by atoms with Crippen LogP contribution in [0.1, 0.15) is 22.6 Å². The maximum Gasteiger partial charge on any atom is 0.573 e. The van der Waals surface area contributed by atoms with Crippen LogP contribution >= 0.6 is 0 Å². The highest BCUT2D eigenvalue weighted by atomic mass is 19.4. The Labute approximate surface area is 188 Å². The molecule has 0 atom stereocenters. The van der Waals surface area contributed by atoms with Crippen molar-refractivity contribution in [2.75, 3.05) is 18.9 Å². The first-order valence-electron chi connectivity index (χ1n) is 10.2. The van der Waals surface area contributed by atoms with Crippen molar-refractivity contribution in [3.05, 3.63) is 89.5 Å². The molecule has 1 amide bonds.